The molecule has 0 bridgehead atoms. The maximum Gasteiger partial charge on any atom is 0.224 e. The van der Waals surface area contributed by atoms with Gasteiger partial charge in [-0.1, -0.05) is 19.1 Å². The quantitative estimate of drug-likeness (QED) is 0.343. The van der Waals surface area contributed by atoms with Gasteiger partial charge < -0.3 is 20.3 Å². The smallest absolute Gasteiger partial charge is 0.224 e. The molecule has 1 aromatic heterocycles. The standard InChI is InChI=1S/C21H26FN5O2.HI/c1-3-19(28)27-11-9-17(14-27)26-21(23-2)25-13-15-6-5-10-24-20(15)29-18-8-4-7-16(22)12-18;/h4-8,10,12,17H,3,9,11,13-14H2,1-2H3,(H2,23,25,26);1H. The van der Waals surface area contributed by atoms with Gasteiger partial charge in [-0.3, -0.25) is 9.79 Å². The van der Waals surface area contributed by atoms with E-state index in [1.807, 2.05) is 24.0 Å². The third kappa shape index (κ3) is 6.54. The minimum atomic E-state index is -0.366. The van der Waals surface area contributed by atoms with Crippen LogP contribution in [-0.4, -0.2) is 47.9 Å². The van der Waals surface area contributed by atoms with Crippen molar-refractivity contribution in [2.45, 2.75) is 32.4 Å². The zero-order valence-corrected chi connectivity index (χ0v) is 19.4. The molecule has 1 unspecified atom stereocenters. The van der Waals surface area contributed by atoms with E-state index in [1.54, 1.807) is 25.4 Å². The van der Waals surface area contributed by atoms with Gasteiger partial charge in [-0.25, -0.2) is 9.37 Å². The maximum atomic E-state index is 13.4. The molecule has 1 saturated heterocycles. The number of aliphatic imine (C=N–C) groups is 1. The van der Waals surface area contributed by atoms with Crippen LogP contribution < -0.4 is 15.4 Å². The van der Waals surface area contributed by atoms with Gasteiger partial charge in [0.25, 0.3) is 0 Å². The summed E-state index contributed by atoms with van der Waals surface area (Å²) >= 11 is 0. The minimum absolute atomic E-state index is 0. The summed E-state index contributed by atoms with van der Waals surface area (Å²) in [5, 5.41) is 6.61. The van der Waals surface area contributed by atoms with E-state index in [0.717, 1.165) is 18.5 Å². The third-order valence-corrected chi connectivity index (χ3v) is 4.71. The summed E-state index contributed by atoms with van der Waals surface area (Å²) < 4.78 is 19.1. The monoisotopic (exact) mass is 527 g/mol. The number of ether oxygens (including phenoxy) is 1. The lowest BCUT2D eigenvalue weighted by atomic mass is 10.2. The van der Waals surface area contributed by atoms with E-state index in [9.17, 15) is 9.18 Å². The van der Waals surface area contributed by atoms with Gasteiger partial charge in [0, 0.05) is 57.0 Å². The SMILES string of the molecule is CCC(=O)N1CCC(NC(=NC)NCc2cccnc2Oc2cccc(F)c2)C1.I. The molecule has 0 saturated carbocycles. The molecule has 9 heteroatoms. The Morgan fingerprint density at radius 1 is 1.37 bits per heavy atom. The fourth-order valence-electron chi connectivity index (χ4n) is 3.19. The summed E-state index contributed by atoms with van der Waals surface area (Å²) in [5.41, 5.74) is 0.814. The summed E-state index contributed by atoms with van der Waals surface area (Å²) in [7, 11) is 1.70. The summed E-state index contributed by atoms with van der Waals surface area (Å²) in [5.74, 6) is 1.24. The van der Waals surface area contributed by atoms with Crippen LogP contribution in [0.3, 0.4) is 0 Å². The number of hydrogen-bond acceptors (Lipinski definition) is 4. The number of pyridine rings is 1. The Kier molecular flexibility index (Phi) is 9.28. The number of nitrogens with zero attached hydrogens (tertiary/aromatic N) is 3. The number of nitrogens with one attached hydrogen (secondary N) is 2. The molecule has 162 valence electrons. The first-order chi connectivity index (χ1) is 14.1. The van der Waals surface area contributed by atoms with Crippen molar-refractivity contribution < 1.29 is 13.9 Å². The van der Waals surface area contributed by atoms with Crippen LogP contribution in [0.1, 0.15) is 25.3 Å². The molecule has 0 radical (unpaired) electrons. The Morgan fingerprint density at radius 2 is 2.20 bits per heavy atom. The van der Waals surface area contributed by atoms with E-state index in [-0.39, 0.29) is 41.7 Å². The van der Waals surface area contributed by atoms with Crippen molar-refractivity contribution >= 4 is 35.8 Å². The molecule has 2 heterocycles. The zero-order chi connectivity index (χ0) is 20.6. The Balaban J connectivity index is 0.00000320. The van der Waals surface area contributed by atoms with E-state index in [0.29, 0.717) is 37.1 Å². The molecule has 1 atom stereocenters. The number of aromatic nitrogens is 1. The Hall–Kier alpha value is -2.43. The lowest BCUT2D eigenvalue weighted by molar-refractivity contribution is -0.129. The fraction of sp³-hybridized carbons (Fsp3) is 0.381. The molecule has 1 fully saturated rings. The average Bonchev–Trinajstić information content (AvgIpc) is 3.20. The van der Waals surface area contributed by atoms with Crippen molar-refractivity contribution in [3.63, 3.8) is 0 Å². The topological polar surface area (TPSA) is 78.9 Å². The van der Waals surface area contributed by atoms with E-state index in [1.165, 1.54) is 12.1 Å². The number of carbonyl (C=O) groups is 1. The van der Waals surface area contributed by atoms with Gasteiger partial charge >= 0.3 is 0 Å². The first-order valence-corrected chi connectivity index (χ1v) is 9.71. The van der Waals surface area contributed by atoms with Crippen LogP contribution >= 0.6 is 24.0 Å². The molecule has 0 spiro atoms. The van der Waals surface area contributed by atoms with Crippen LogP contribution in [0.25, 0.3) is 0 Å². The highest BCUT2D eigenvalue weighted by atomic mass is 127. The molecule has 3 rings (SSSR count). The highest BCUT2D eigenvalue weighted by molar-refractivity contribution is 14.0. The molecule has 7 nitrogen and oxygen atoms in total. The van der Waals surface area contributed by atoms with Gasteiger partial charge in [-0.05, 0) is 24.6 Å². The second-order valence-corrected chi connectivity index (χ2v) is 6.78. The highest BCUT2D eigenvalue weighted by Gasteiger charge is 2.25. The number of amides is 1. The molecule has 2 aromatic rings. The molecule has 1 aromatic carbocycles. The van der Waals surface area contributed by atoms with Crippen molar-refractivity contribution in [2.24, 2.45) is 4.99 Å². The van der Waals surface area contributed by atoms with E-state index in [4.69, 9.17) is 4.74 Å². The number of benzene rings is 1. The van der Waals surface area contributed by atoms with Crippen LogP contribution in [0.5, 0.6) is 11.6 Å². The number of carbonyl (C=O) groups excluding carboxylic acids is 1. The maximum absolute atomic E-state index is 13.4. The van der Waals surface area contributed by atoms with E-state index >= 15 is 0 Å². The number of rotatable bonds is 6. The van der Waals surface area contributed by atoms with Gasteiger partial charge in [0.05, 0.1) is 0 Å². The average molecular weight is 527 g/mol. The molecular formula is C21H27FIN5O2. The van der Waals surface area contributed by atoms with Crippen LogP contribution in [-0.2, 0) is 11.3 Å². The Morgan fingerprint density at radius 3 is 2.93 bits per heavy atom. The second-order valence-electron chi connectivity index (χ2n) is 6.78. The summed E-state index contributed by atoms with van der Waals surface area (Å²) in [6.45, 7) is 3.74. The minimum Gasteiger partial charge on any atom is -0.439 e. The van der Waals surface area contributed by atoms with E-state index < -0.39 is 0 Å². The lowest BCUT2D eigenvalue weighted by Crippen LogP contribution is -2.44. The van der Waals surface area contributed by atoms with E-state index in [2.05, 4.69) is 20.6 Å². The van der Waals surface area contributed by atoms with Gasteiger partial charge in [0.1, 0.15) is 11.6 Å². The van der Waals surface area contributed by atoms with Crippen molar-refractivity contribution in [1.82, 2.24) is 20.5 Å². The molecule has 0 aliphatic carbocycles. The number of hydrogen-bond donors (Lipinski definition) is 2. The molecule has 2 N–H and O–H groups in total. The van der Waals surface area contributed by atoms with Crippen LogP contribution in [0.15, 0.2) is 47.6 Å². The number of guanidine groups is 1. The van der Waals surface area contributed by atoms with Gasteiger partial charge in [0.15, 0.2) is 5.96 Å². The Bertz CT molecular complexity index is 880. The van der Waals surface area contributed by atoms with Crippen LogP contribution in [0.2, 0.25) is 0 Å². The molecule has 1 aliphatic heterocycles. The molecule has 1 aliphatic rings. The molecule has 30 heavy (non-hydrogen) atoms. The number of likely N-dealkylation sites (tertiary alicyclic amines) is 1. The van der Waals surface area contributed by atoms with Gasteiger partial charge in [0.2, 0.25) is 11.8 Å². The van der Waals surface area contributed by atoms with Crippen molar-refractivity contribution in [3.8, 4) is 11.6 Å². The van der Waals surface area contributed by atoms with Crippen molar-refractivity contribution in [2.75, 3.05) is 20.1 Å². The summed E-state index contributed by atoms with van der Waals surface area (Å²) in [6, 6.07) is 9.81. The lowest BCUT2D eigenvalue weighted by Gasteiger charge is -2.19. The fourth-order valence-corrected chi connectivity index (χ4v) is 3.19. The van der Waals surface area contributed by atoms with Crippen molar-refractivity contribution in [3.05, 3.63) is 54.0 Å². The first kappa shape index (κ1) is 23.8. The third-order valence-electron chi connectivity index (χ3n) is 4.71. The summed E-state index contributed by atoms with van der Waals surface area (Å²) in [6.07, 6.45) is 3.03. The molecule has 1 amide bonds. The van der Waals surface area contributed by atoms with Crippen molar-refractivity contribution in [1.29, 1.82) is 0 Å². The van der Waals surface area contributed by atoms with Crippen LogP contribution in [0, 0.1) is 5.82 Å². The predicted molar refractivity (Wildman–Crippen MR) is 125 cm³/mol. The van der Waals surface area contributed by atoms with Gasteiger partial charge in [-0.15, -0.1) is 24.0 Å². The number of halogens is 2. The molecular weight excluding hydrogens is 500 g/mol. The van der Waals surface area contributed by atoms with Gasteiger partial charge in [-0.2, -0.15) is 0 Å². The largest absolute Gasteiger partial charge is 0.439 e. The van der Waals surface area contributed by atoms with Crippen LogP contribution in [0.4, 0.5) is 4.39 Å². The zero-order valence-electron chi connectivity index (χ0n) is 17.1. The second kappa shape index (κ2) is 11.7. The first-order valence-electron chi connectivity index (χ1n) is 9.71. The highest BCUT2D eigenvalue weighted by Crippen LogP contribution is 2.23. The Labute approximate surface area is 193 Å². The normalized spacial score (nSPS) is 16.0. The summed E-state index contributed by atoms with van der Waals surface area (Å²) in [4.78, 5) is 22.2. The predicted octanol–water partition coefficient (Wildman–Crippen LogP) is 3.31.